The van der Waals surface area contributed by atoms with Crippen LogP contribution in [0.5, 0.6) is 0 Å². The standard InChI is InChI=1S/C10H16/c1-3-6-10-8-5-4-7-9(10)2/h3-5,9-10H,1,6-8H2,2H3. The average Bonchev–Trinajstić information content (AvgIpc) is 1.94. The van der Waals surface area contributed by atoms with Gasteiger partial charge in [0.1, 0.15) is 0 Å². The van der Waals surface area contributed by atoms with Gasteiger partial charge in [-0.25, -0.2) is 0 Å². The molecule has 1 rings (SSSR count). The van der Waals surface area contributed by atoms with Crippen molar-refractivity contribution in [3.05, 3.63) is 24.8 Å². The number of hydrogen-bond acceptors (Lipinski definition) is 0. The monoisotopic (exact) mass is 136 g/mol. The van der Waals surface area contributed by atoms with Gasteiger partial charge in [0.15, 0.2) is 0 Å². The van der Waals surface area contributed by atoms with Crippen LogP contribution in [0, 0.1) is 11.8 Å². The zero-order valence-electron chi connectivity index (χ0n) is 6.72. The molecule has 1 aliphatic carbocycles. The zero-order valence-corrected chi connectivity index (χ0v) is 6.72. The van der Waals surface area contributed by atoms with Crippen LogP contribution in [0.1, 0.15) is 26.2 Å². The summed E-state index contributed by atoms with van der Waals surface area (Å²) in [6, 6.07) is 0. The summed E-state index contributed by atoms with van der Waals surface area (Å²) < 4.78 is 0. The summed E-state index contributed by atoms with van der Waals surface area (Å²) in [5.41, 5.74) is 0. The normalized spacial score (nSPS) is 32.1. The third-order valence-corrected chi connectivity index (χ3v) is 2.39. The Morgan fingerprint density at radius 1 is 1.50 bits per heavy atom. The molecule has 0 heteroatoms. The first-order valence-electron chi connectivity index (χ1n) is 4.10. The van der Waals surface area contributed by atoms with Crippen molar-refractivity contribution in [2.45, 2.75) is 26.2 Å². The van der Waals surface area contributed by atoms with Crippen molar-refractivity contribution in [2.24, 2.45) is 11.8 Å². The second kappa shape index (κ2) is 3.60. The topological polar surface area (TPSA) is 0 Å². The van der Waals surface area contributed by atoms with E-state index in [9.17, 15) is 0 Å². The lowest BCUT2D eigenvalue weighted by molar-refractivity contribution is 0.353. The second-order valence-corrected chi connectivity index (χ2v) is 3.20. The predicted octanol–water partition coefficient (Wildman–Crippen LogP) is 3.16. The molecule has 0 spiro atoms. The van der Waals surface area contributed by atoms with Gasteiger partial charge in [-0.2, -0.15) is 0 Å². The number of rotatable bonds is 2. The minimum Gasteiger partial charge on any atom is -0.103 e. The van der Waals surface area contributed by atoms with Crippen molar-refractivity contribution in [3.8, 4) is 0 Å². The van der Waals surface area contributed by atoms with Crippen LogP contribution >= 0.6 is 0 Å². The first-order valence-corrected chi connectivity index (χ1v) is 4.10. The predicted molar refractivity (Wildman–Crippen MR) is 45.8 cm³/mol. The lowest BCUT2D eigenvalue weighted by Crippen LogP contribution is -2.12. The van der Waals surface area contributed by atoms with E-state index in [1.807, 2.05) is 6.08 Å². The highest BCUT2D eigenvalue weighted by atomic mass is 14.2. The van der Waals surface area contributed by atoms with Crippen LogP contribution in [0.3, 0.4) is 0 Å². The molecule has 0 aromatic heterocycles. The molecule has 10 heavy (non-hydrogen) atoms. The van der Waals surface area contributed by atoms with Crippen LogP contribution in [-0.2, 0) is 0 Å². The van der Waals surface area contributed by atoms with Crippen molar-refractivity contribution in [3.63, 3.8) is 0 Å². The van der Waals surface area contributed by atoms with E-state index < -0.39 is 0 Å². The largest absolute Gasteiger partial charge is 0.103 e. The number of allylic oxidation sites excluding steroid dienone is 3. The van der Waals surface area contributed by atoms with E-state index in [0.29, 0.717) is 0 Å². The lowest BCUT2D eigenvalue weighted by atomic mass is 9.82. The van der Waals surface area contributed by atoms with Gasteiger partial charge in [-0.05, 0) is 31.1 Å². The maximum Gasteiger partial charge on any atom is -0.0316 e. The maximum absolute atomic E-state index is 3.77. The second-order valence-electron chi connectivity index (χ2n) is 3.20. The van der Waals surface area contributed by atoms with Gasteiger partial charge in [0.05, 0.1) is 0 Å². The molecular formula is C10H16. The maximum atomic E-state index is 3.77. The van der Waals surface area contributed by atoms with Crippen molar-refractivity contribution in [1.29, 1.82) is 0 Å². The average molecular weight is 136 g/mol. The first-order chi connectivity index (χ1) is 4.84. The summed E-state index contributed by atoms with van der Waals surface area (Å²) in [4.78, 5) is 0. The van der Waals surface area contributed by atoms with Gasteiger partial charge < -0.3 is 0 Å². The van der Waals surface area contributed by atoms with Gasteiger partial charge in [-0.1, -0.05) is 25.2 Å². The molecule has 1 aliphatic rings. The molecule has 0 N–H and O–H groups in total. The molecule has 56 valence electrons. The minimum absolute atomic E-state index is 0.863. The van der Waals surface area contributed by atoms with E-state index in [1.54, 1.807) is 0 Å². The van der Waals surface area contributed by atoms with E-state index in [-0.39, 0.29) is 0 Å². The number of hydrogen-bond donors (Lipinski definition) is 0. The molecular weight excluding hydrogens is 120 g/mol. The van der Waals surface area contributed by atoms with E-state index in [0.717, 1.165) is 11.8 Å². The molecule has 0 heterocycles. The quantitative estimate of drug-likeness (QED) is 0.511. The van der Waals surface area contributed by atoms with Crippen molar-refractivity contribution >= 4 is 0 Å². The lowest BCUT2D eigenvalue weighted by Gasteiger charge is -2.23. The van der Waals surface area contributed by atoms with Gasteiger partial charge >= 0.3 is 0 Å². The summed E-state index contributed by atoms with van der Waals surface area (Å²) in [7, 11) is 0. The van der Waals surface area contributed by atoms with Crippen LogP contribution < -0.4 is 0 Å². The fourth-order valence-electron chi connectivity index (χ4n) is 1.55. The highest BCUT2D eigenvalue weighted by Gasteiger charge is 2.15. The molecule has 2 atom stereocenters. The van der Waals surface area contributed by atoms with Crippen molar-refractivity contribution in [1.82, 2.24) is 0 Å². The Balaban J connectivity index is 2.42. The Bertz CT molecular complexity index is 133. The first kappa shape index (κ1) is 7.59. The van der Waals surface area contributed by atoms with Gasteiger partial charge in [0.2, 0.25) is 0 Å². The highest BCUT2D eigenvalue weighted by molar-refractivity contribution is 4.94. The van der Waals surface area contributed by atoms with Gasteiger partial charge in [0.25, 0.3) is 0 Å². The molecule has 0 aromatic rings. The Hall–Kier alpha value is -0.520. The third-order valence-electron chi connectivity index (χ3n) is 2.39. The minimum atomic E-state index is 0.863. The molecule has 0 saturated heterocycles. The van der Waals surface area contributed by atoms with Gasteiger partial charge in [-0.15, -0.1) is 6.58 Å². The van der Waals surface area contributed by atoms with Crippen LogP contribution in [-0.4, -0.2) is 0 Å². The Kier molecular flexibility index (Phi) is 2.73. The molecule has 0 fully saturated rings. The molecule has 0 amide bonds. The molecule has 0 saturated carbocycles. The van der Waals surface area contributed by atoms with Crippen LogP contribution in [0.25, 0.3) is 0 Å². The fourth-order valence-corrected chi connectivity index (χ4v) is 1.55. The van der Waals surface area contributed by atoms with E-state index in [4.69, 9.17) is 0 Å². The zero-order chi connectivity index (χ0) is 7.40. The van der Waals surface area contributed by atoms with E-state index in [1.165, 1.54) is 19.3 Å². The molecule has 2 unspecified atom stereocenters. The van der Waals surface area contributed by atoms with E-state index >= 15 is 0 Å². The molecule has 0 nitrogen and oxygen atoms in total. The summed E-state index contributed by atoms with van der Waals surface area (Å²) in [6.07, 6.45) is 10.3. The fraction of sp³-hybridized carbons (Fsp3) is 0.600. The van der Waals surface area contributed by atoms with Crippen LogP contribution in [0.4, 0.5) is 0 Å². The van der Waals surface area contributed by atoms with E-state index in [2.05, 4.69) is 25.7 Å². The molecule has 0 radical (unpaired) electrons. The van der Waals surface area contributed by atoms with Crippen molar-refractivity contribution in [2.75, 3.05) is 0 Å². The summed E-state index contributed by atoms with van der Waals surface area (Å²) in [5, 5.41) is 0. The van der Waals surface area contributed by atoms with Gasteiger partial charge in [0, 0.05) is 0 Å². The Morgan fingerprint density at radius 2 is 2.20 bits per heavy atom. The van der Waals surface area contributed by atoms with Gasteiger partial charge in [-0.3, -0.25) is 0 Å². The summed E-state index contributed by atoms with van der Waals surface area (Å²) in [6.45, 7) is 6.10. The third kappa shape index (κ3) is 1.73. The van der Waals surface area contributed by atoms with Crippen LogP contribution in [0.2, 0.25) is 0 Å². The summed E-state index contributed by atoms with van der Waals surface area (Å²) in [5.74, 6) is 1.73. The SMILES string of the molecule is C=CCC1CC=CCC1C. The molecule has 0 bridgehead atoms. The highest BCUT2D eigenvalue weighted by Crippen LogP contribution is 2.27. The van der Waals surface area contributed by atoms with Crippen LogP contribution in [0.15, 0.2) is 24.8 Å². The Labute approximate surface area is 63.6 Å². The Morgan fingerprint density at radius 3 is 2.80 bits per heavy atom. The smallest absolute Gasteiger partial charge is 0.0316 e. The van der Waals surface area contributed by atoms with Crippen molar-refractivity contribution < 1.29 is 0 Å². The molecule has 0 aliphatic heterocycles. The summed E-state index contributed by atoms with van der Waals surface area (Å²) >= 11 is 0. The molecule has 0 aromatic carbocycles.